The van der Waals surface area contributed by atoms with Gasteiger partial charge in [0.2, 0.25) is 10.0 Å². The van der Waals surface area contributed by atoms with Gasteiger partial charge in [-0.2, -0.15) is 4.31 Å². The van der Waals surface area contributed by atoms with Crippen LogP contribution in [0.1, 0.15) is 40.9 Å². The summed E-state index contributed by atoms with van der Waals surface area (Å²) < 4.78 is 27.3. The first-order valence-electron chi connectivity index (χ1n) is 8.44. The Bertz CT molecular complexity index is 851. The van der Waals surface area contributed by atoms with Crippen LogP contribution >= 0.6 is 11.3 Å². The Hall–Kier alpha value is -1.70. The van der Waals surface area contributed by atoms with Crippen molar-refractivity contribution in [1.82, 2.24) is 4.31 Å². The maximum Gasteiger partial charge on any atom is 0.265 e. The lowest BCUT2D eigenvalue weighted by molar-refractivity contribution is 0.103. The Morgan fingerprint density at radius 2 is 1.84 bits per heavy atom. The van der Waals surface area contributed by atoms with Crippen LogP contribution in [0.4, 0.5) is 5.69 Å². The van der Waals surface area contributed by atoms with Gasteiger partial charge in [-0.3, -0.25) is 4.79 Å². The van der Waals surface area contributed by atoms with Gasteiger partial charge in [-0.05, 0) is 55.0 Å². The fraction of sp³-hybridized carbons (Fsp3) is 0.389. The summed E-state index contributed by atoms with van der Waals surface area (Å²) in [4.78, 5) is 13.2. The van der Waals surface area contributed by atoms with E-state index in [0.29, 0.717) is 23.7 Å². The zero-order chi connectivity index (χ0) is 17.9. The first kappa shape index (κ1) is 18.1. The Morgan fingerprint density at radius 3 is 2.48 bits per heavy atom. The summed E-state index contributed by atoms with van der Waals surface area (Å²) in [5, 5.41) is 4.67. The molecule has 1 aromatic heterocycles. The maximum atomic E-state index is 12.9. The van der Waals surface area contributed by atoms with Crippen LogP contribution in [-0.4, -0.2) is 31.7 Å². The molecule has 134 valence electrons. The van der Waals surface area contributed by atoms with E-state index in [1.54, 1.807) is 28.6 Å². The molecule has 2 aromatic rings. The Morgan fingerprint density at radius 1 is 1.12 bits per heavy atom. The molecule has 0 radical (unpaired) electrons. The van der Waals surface area contributed by atoms with Crippen molar-refractivity contribution >= 4 is 33.0 Å². The van der Waals surface area contributed by atoms with Crippen LogP contribution in [0.2, 0.25) is 0 Å². The summed E-state index contributed by atoms with van der Waals surface area (Å²) >= 11 is 1.37. The number of amides is 1. The average Bonchev–Trinajstić information content (AvgIpc) is 2.85. The molecule has 5 nitrogen and oxygen atoms in total. The number of benzene rings is 1. The van der Waals surface area contributed by atoms with Gasteiger partial charge in [0.1, 0.15) is 0 Å². The summed E-state index contributed by atoms with van der Waals surface area (Å²) in [6.07, 6.45) is 3.94. The van der Waals surface area contributed by atoms with Crippen LogP contribution in [0.3, 0.4) is 0 Å². The Kier molecular flexibility index (Phi) is 5.56. The minimum Gasteiger partial charge on any atom is -0.321 e. The number of aryl methyl sites for hydroxylation is 1. The minimum atomic E-state index is -3.52. The highest BCUT2D eigenvalue weighted by Gasteiger charge is 2.25. The van der Waals surface area contributed by atoms with E-state index in [-0.39, 0.29) is 10.8 Å². The van der Waals surface area contributed by atoms with Gasteiger partial charge in [-0.25, -0.2) is 8.42 Å². The van der Waals surface area contributed by atoms with Gasteiger partial charge >= 0.3 is 0 Å². The van der Waals surface area contributed by atoms with Crippen molar-refractivity contribution in [1.29, 1.82) is 0 Å². The standard InChI is InChI=1S/C18H22N2O3S2/c1-14-9-12-24-17(14)18(21)19-15-7-6-8-16(13-15)25(22,23)20-10-4-2-3-5-11-20/h6-9,12-13H,2-5,10-11H2,1H3,(H,19,21). The SMILES string of the molecule is Cc1ccsc1C(=O)Nc1cccc(S(=O)(=O)N2CCCCCC2)c1. The first-order chi connectivity index (χ1) is 12.0. The molecular formula is C18H22N2O3S2. The predicted octanol–water partition coefficient (Wildman–Crippen LogP) is 3.87. The van der Waals surface area contributed by atoms with Crippen molar-refractivity contribution in [3.8, 4) is 0 Å². The molecular weight excluding hydrogens is 356 g/mol. The molecule has 0 saturated carbocycles. The second-order valence-electron chi connectivity index (χ2n) is 6.23. The molecule has 0 bridgehead atoms. The lowest BCUT2D eigenvalue weighted by Crippen LogP contribution is -2.32. The highest BCUT2D eigenvalue weighted by atomic mass is 32.2. The van der Waals surface area contributed by atoms with Crippen LogP contribution in [-0.2, 0) is 10.0 Å². The van der Waals surface area contributed by atoms with E-state index >= 15 is 0 Å². The van der Waals surface area contributed by atoms with Crippen LogP contribution in [0.15, 0.2) is 40.6 Å². The van der Waals surface area contributed by atoms with Gasteiger partial charge in [-0.15, -0.1) is 11.3 Å². The molecule has 1 aliphatic rings. The Labute approximate surface area is 152 Å². The van der Waals surface area contributed by atoms with Gasteiger partial charge < -0.3 is 5.32 Å². The molecule has 1 amide bonds. The number of hydrogen-bond acceptors (Lipinski definition) is 4. The molecule has 0 spiro atoms. The van der Waals surface area contributed by atoms with E-state index in [4.69, 9.17) is 0 Å². The smallest absolute Gasteiger partial charge is 0.265 e. The molecule has 1 fully saturated rings. The Balaban J connectivity index is 1.81. The lowest BCUT2D eigenvalue weighted by Gasteiger charge is -2.20. The van der Waals surface area contributed by atoms with Crippen molar-refractivity contribution in [3.63, 3.8) is 0 Å². The molecule has 3 rings (SSSR count). The predicted molar refractivity (Wildman–Crippen MR) is 101 cm³/mol. The van der Waals surface area contributed by atoms with Crippen molar-refractivity contribution in [2.24, 2.45) is 0 Å². The molecule has 0 aliphatic carbocycles. The summed E-state index contributed by atoms with van der Waals surface area (Å²) in [6, 6.07) is 8.40. The number of thiophene rings is 1. The highest BCUT2D eigenvalue weighted by Crippen LogP contribution is 2.24. The van der Waals surface area contributed by atoms with Crippen LogP contribution in [0.5, 0.6) is 0 Å². The normalized spacial score (nSPS) is 16.4. The minimum absolute atomic E-state index is 0.211. The van der Waals surface area contributed by atoms with Crippen molar-refractivity contribution < 1.29 is 13.2 Å². The fourth-order valence-corrected chi connectivity index (χ4v) is 5.34. The van der Waals surface area contributed by atoms with E-state index in [0.717, 1.165) is 31.2 Å². The molecule has 0 unspecified atom stereocenters. The number of nitrogens with one attached hydrogen (secondary N) is 1. The van der Waals surface area contributed by atoms with Crippen molar-refractivity contribution in [3.05, 3.63) is 46.2 Å². The summed E-state index contributed by atoms with van der Waals surface area (Å²) in [5.74, 6) is -0.211. The van der Waals surface area contributed by atoms with Crippen LogP contribution in [0.25, 0.3) is 0 Å². The van der Waals surface area contributed by atoms with Gasteiger partial charge in [-0.1, -0.05) is 18.9 Å². The number of nitrogens with zero attached hydrogens (tertiary/aromatic N) is 1. The van der Waals surface area contributed by atoms with E-state index in [2.05, 4.69) is 5.32 Å². The third kappa shape index (κ3) is 4.11. The summed E-state index contributed by atoms with van der Waals surface area (Å²) in [5.41, 5.74) is 1.41. The van der Waals surface area contributed by atoms with Crippen molar-refractivity contribution in [2.45, 2.75) is 37.5 Å². The number of carbonyl (C=O) groups excluding carboxylic acids is 1. The highest BCUT2D eigenvalue weighted by molar-refractivity contribution is 7.89. The van der Waals surface area contributed by atoms with E-state index in [9.17, 15) is 13.2 Å². The number of sulfonamides is 1. The molecule has 25 heavy (non-hydrogen) atoms. The van der Waals surface area contributed by atoms with Gasteiger partial charge in [0.05, 0.1) is 9.77 Å². The van der Waals surface area contributed by atoms with E-state index < -0.39 is 10.0 Å². The van der Waals surface area contributed by atoms with Gasteiger partial charge in [0.15, 0.2) is 0 Å². The van der Waals surface area contributed by atoms with Crippen LogP contribution < -0.4 is 5.32 Å². The van der Waals surface area contributed by atoms with Crippen LogP contribution in [0, 0.1) is 6.92 Å². The van der Waals surface area contributed by atoms with E-state index in [1.807, 2.05) is 18.4 Å². The third-order valence-electron chi connectivity index (χ3n) is 4.36. The number of rotatable bonds is 4. The zero-order valence-electron chi connectivity index (χ0n) is 14.2. The second-order valence-corrected chi connectivity index (χ2v) is 9.09. The lowest BCUT2D eigenvalue weighted by atomic mass is 10.2. The molecule has 1 saturated heterocycles. The molecule has 7 heteroatoms. The maximum absolute atomic E-state index is 12.9. The molecule has 1 aliphatic heterocycles. The first-order valence-corrected chi connectivity index (χ1v) is 10.8. The molecule has 1 N–H and O–H groups in total. The van der Waals surface area contributed by atoms with Gasteiger partial charge in [0, 0.05) is 18.8 Å². The molecule has 2 heterocycles. The second kappa shape index (κ2) is 7.68. The topological polar surface area (TPSA) is 66.5 Å². The molecule has 0 atom stereocenters. The average molecular weight is 379 g/mol. The largest absolute Gasteiger partial charge is 0.321 e. The monoisotopic (exact) mass is 378 g/mol. The quantitative estimate of drug-likeness (QED) is 0.878. The van der Waals surface area contributed by atoms with Gasteiger partial charge in [0.25, 0.3) is 5.91 Å². The fourth-order valence-electron chi connectivity index (χ4n) is 2.96. The number of hydrogen-bond donors (Lipinski definition) is 1. The van der Waals surface area contributed by atoms with Crippen molar-refractivity contribution in [2.75, 3.05) is 18.4 Å². The number of carbonyl (C=O) groups is 1. The summed E-state index contributed by atoms with van der Waals surface area (Å²) in [7, 11) is -3.52. The van der Waals surface area contributed by atoms with E-state index in [1.165, 1.54) is 11.3 Å². The number of anilines is 1. The zero-order valence-corrected chi connectivity index (χ0v) is 15.8. The third-order valence-corrected chi connectivity index (χ3v) is 7.27. The molecule has 1 aromatic carbocycles. The summed E-state index contributed by atoms with van der Waals surface area (Å²) in [6.45, 7) is 3.01.